The van der Waals surface area contributed by atoms with Gasteiger partial charge in [-0.2, -0.15) is 0 Å². The van der Waals surface area contributed by atoms with Crippen molar-refractivity contribution >= 4 is 11.3 Å². The molecular weight excluding hydrogens is 232 g/mol. The molecule has 0 bridgehead atoms. The topological polar surface area (TPSA) is 48.1 Å². The minimum atomic E-state index is 0.157. The molecular formula is C13H16N2OS. The normalized spacial score (nSPS) is 12.4. The van der Waals surface area contributed by atoms with Gasteiger partial charge in [-0.05, 0) is 31.2 Å². The molecule has 0 fully saturated rings. The molecule has 1 heterocycles. The minimum absolute atomic E-state index is 0.157. The SMILES string of the molecule is COc1ccc(-c2csc(CC(C)N)n2)cc1. The Labute approximate surface area is 105 Å². The molecule has 2 N–H and O–H groups in total. The van der Waals surface area contributed by atoms with E-state index in [4.69, 9.17) is 10.5 Å². The van der Waals surface area contributed by atoms with Gasteiger partial charge in [-0.1, -0.05) is 0 Å². The average molecular weight is 248 g/mol. The maximum Gasteiger partial charge on any atom is 0.118 e. The van der Waals surface area contributed by atoms with Crippen LogP contribution in [0.3, 0.4) is 0 Å². The second-order valence-electron chi connectivity index (χ2n) is 4.04. The molecule has 2 aromatic rings. The molecule has 0 spiro atoms. The summed E-state index contributed by atoms with van der Waals surface area (Å²) < 4.78 is 5.13. The van der Waals surface area contributed by atoms with E-state index >= 15 is 0 Å². The fraction of sp³-hybridized carbons (Fsp3) is 0.308. The molecule has 0 aliphatic heterocycles. The molecule has 0 aliphatic rings. The largest absolute Gasteiger partial charge is 0.497 e. The van der Waals surface area contributed by atoms with Crippen LogP contribution in [0.5, 0.6) is 5.75 Å². The highest BCUT2D eigenvalue weighted by molar-refractivity contribution is 7.09. The summed E-state index contributed by atoms with van der Waals surface area (Å²) in [6, 6.07) is 8.08. The Bertz CT molecular complexity index is 476. The van der Waals surface area contributed by atoms with Crippen LogP contribution in [0.1, 0.15) is 11.9 Å². The first-order chi connectivity index (χ1) is 8.19. The van der Waals surface area contributed by atoms with Gasteiger partial charge in [0.1, 0.15) is 5.75 Å². The molecule has 1 aromatic heterocycles. The standard InChI is InChI=1S/C13H16N2OS/c1-9(14)7-13-15-12(8-17-13)10-3-5-11(16-2)6-4-10/h3-6,8-9H,7,14H2,1-2H3. The molecule has 1 atom stereocenters. The van der Waals surface area contributed by atoms with Crippen molar-refractivity contribution < 1.29 is 4.74 Å². The lowest BCUT2D eigenvalue weighted by Gasteiger charge is -2.01. The van der Waals surface area contributed by atoms with Gasteiger partial charge >= 0.3 is 0 Å². The molecule has 2 rings (SSSR count). The zero-order valence-corrected chi connectivity index (χ0v) is 10.8. The smallest absolute Gasteiger partial charge is 0.118 e. The Hall–Kier alpha value is -1.39. The van der Waals surface area contributed by atoms with Crippen molar-refractivity contribution in [3.05, 3.63) is 34.7 Å². The van der Waals surface area contributed by atoms with Crippen molar-refractivity contribution in [2.45, 2.75) is 19.4 Å². The lowest BCUT2D eigenvalue weighted by Crippen LogP contribution is -2.17. The molecule has 4 heteroatoms. The van der Waals surface area contributed by atoms with Crippen LogP contribution in [0, 0.1) is 0 Å². The molecule has 3 nitrogen and oxygen atoms in total. The Morgan fingerprint density at radius 3 is 2.65 bits per heavy atom. The van der Waals surface area contributed by atoms with Crippen molar-refractivity contribution in [1.29, 1.82) is 0 Å². The monoisotopic (exact) mass is 248 g/mol. The second kappa shape index (κ2) is 5.29. The number of nitrogens with two attached hydrogens (primary N) is 1. The third-order valence-electron chi connectivity index (χ3n) is 2.43. The number of hydrogen-bond acceptors (Lipinski definition) is 4. The first kappa shape index (κ1) is 12.1. The number of rotatable bonds is 4. The lowest BCUT2D eigenvalue weighted by molar-refractivity contribution is 0.415. The van der Waals surface area contributed by atoms with Gasteiger partial charge in [0, 0.05) is 23.4 Å². The molecule has 17 heavy (non-hydrogen) atoms. The molecule has 0 saturated heterocycles. The zero-order valence-electron chi connectivity index (χ0n) is 10.0. The molecule has 90 valence electrons. The van der Waals surface area contributed by atoms with E-state index in [2.05, 4.69) is 10.4 Å². The number of ether oxygens (including phenoxy) is 1. The van der Waals surface area contributed by atoms with Crippen LogP contribution < -0.4 is 10.5 Å². The molecule has 0 aliphatic carbocycles. The highest BCUT2D eigenvalue weighted by Crippen LogP contribution is 2.24. The Morgan fingerprint density at radius 2 is 2.06 bits per heavy atom. The minimum Gasteiger partial charge on any atom is -0.497 e. The van der Waals surface area contributed by atoms with Gasteiger partial charge in [0.2, 0.25) is 0 Å². The third kappa shape index (κ3) is 3.05. The van der Waals surface area contributed by atoms with E-state index in [0.717, 1.165) is 28.4 Å². The molecule has 0 radical (unpaired) electrons. The molecule has 1 aromatic carbocycles. The number of thiazole rings is 1. The highest BCUT2D eigenvalue weighted by Gasteiger charge is 2.06. The summed E-state index contributed by atoms with van der Waals surface area (Å²) in [5.41, 5.74) is 7.88. The average Bonchev–Trinajstić information content (AvgIpc) is 2.77. The number of methoxy groups -OCH3 is 1. The molecule has 0 amide bonds. The van der Waals surface area contributed by atoms with Crippen LogP contribution >= 0.6 is 11.3 Å². The van der Waals surface area contributed by atoms with Crippen molar-refractivity contribution in [2.75, 3.05) is 7.11 Å². The summed E-state index contributed by atoms with van der Waals surface area (Å²) in [4.78, 5) is 4.57. The summed E-state index contributed by atoms with van der Waals surface area (Å²) in [6.07, 6.45) is 0.834. The van der Waals surface area contributed by atoms with Gasteiger partial charge in [-0.15, -0.1) is 11.3 Å². The summed E-state index contributed by atoms with van der Waals surface area (Å²) in [6.45, 7) is 1.99. The van der Waals surface area contributed by atoms with Gasteiger partial charge in [-0.25, -0.2) is 4.98 Å². The van der Waals surface area contributed by atoms with Gasteiger partial charge < -0.3 is 10.5 Å². The van der Waals surface area contributed by atoms with Crippen molar-refractivity contribution in [3.63, 3.8) is 0 Å². The van der Waals surface area contributed by atoms with Crippen molar-refractivity contribution in [2.24, 2.45) is 5.73 Å². The predicted molar refractivity (Wildman–Crippen MR) is 71.5 cm³/mol. The quantitative estimate of drug-likeness (QED) is 0.905. The van der Waals surface area contributed by atoms with Gasteiger partial charge in [0.25, 0.3) is 0 Å². The fourth-order valence-corrected chi connectivity index (χ4v) is 2.52. The maximum atomic E-state index is 5.76. The summed E-state index contributed by atoms with van der Waals surface area (Å²) in [5, 5.41) is 3.16. The van der Waals surface area contributed by atoms with E-state index in [1.54, 1.807) is 18.4 Å². The van der Waals surface area contributed by atoms with E-state index in [1.165, 1.54) is 0 Å². The Kier molecular flexibility index (Phi) is 3.76. The van der Waals surface area contributed by atoms with Crippen LogP contribution in [0.2, 0.25) is 0 Å². The van der Waals surface area contributed by atoms with Gasteiger partial charge in [-0.3, -0.25) is 0 Å². The Balaban J connectivity index is 2.18. The Morgan fingerprint density at radius 1 is 1.35 bits per heavy atom. The van der Waals surface area contributed by atoms with E-state index in [1.807, 2.05) is 31.2 Å². The van der Waals surface area contributed by atoms with Gasteiger partial charge in [0.05, 0.1) is 17.8 Å². The summed E-state index contributed by atoms with van der Waals surface area (Å²) in [7, 11) is 1.67. The predicted octanol–water partition coefficient (Wildman–Crippen LogP) is 2.71. The van der Waals surface area contributed by atoms with Crippen molar-refractivity contribution in [3.8, 4) is 17.0 Å². The lowest BCUT2D eigenvalue weighted by atomic mass is 10.2. The van der Waals surface area contributed by atoms with Crippen LogP contribution in [-0.4, -0.2) is 18.1 Å². The first-order valence-corrected chi connectivity index (χ1v) is 6.41. The van der Waals surface area contributed by atoms with E-state index < -0.39 is 0 Å². The first-order valence-electron chi connectivity index (χ1n) is 5.53. The van der Waals surface area contributed by atoms with E-state index in [9.17, 15) is 0 Å². The van der Waals surface area contributed by atoms with Gasteiger partial charge in [0.15, 0.2) is 0 Å². The molecule has 0 saturated carbocycles. The summed E-state index contributed by atoms with van der Waals surface area (Å²) in [5.74, 6) is 0.861. The second-order valence-corrected chi connectivity index (χ2v) is 4.98. The maximum absolute atomic E-state index is 5.76. The molecule has 1 unspecified atom stereocenters. The highest BCUT2D eigenvalue weighted by atomic mass is 32.1. The van der Waals surface area contributed by atoms with Crippen molar-refractivity contribution in [1.82, 2.24) is 4.98 Å². The van der Waals surface area contributed by atoms with Crippen LogP contribution in [0.4, 0.5) is 0 Å². The van der Waals surface area contributed by atoms with E-state index in [-0.39, 0.29) is 6.04 Å². The number of hydrogen-bond donors (Lipinski definition) is 1. The fourth-order valence-electron chi connectivity index (χ4n) is 1.57. The van der Waals surface area contributed by atoms with E-state index in [0.29, 0.717) is 0 Å². The van der Waals surface area contributed by atoms with Crippen LogP contribution in [0.15, 0.2) is 29.6 Å². The number of aromatic nitrogens is 1. The number of benzene rings is 1. The zero-order chi connectivity index (χ0) is 12.3. The third-order valence-corrected chi connectivity index (χ3v) is 3.31. The van der Waals surface area contributed by atoms with Crippen LogP contribution in [-0.2, 0) is 6.42 Å². The van der Waals surface area contributed by atoms with Crippen LogP contribution in [0.25, 0.3) is 11.3 Å². The summed E-state index contributed by atoms with van der Waals surface area (Å²) >= 11 is 1.66. The number of nitrogens with zero attached hydrogens (tertiary/aromatic N) is 1.